The second-order valence-electron chi connectivity index (χ2n) is 6.35. The van der Waals surface area contributed by atoms with Crippen LogP contribution in [0.2, 0.25) is 0 Å². The Bertz CT molecular complexity index is 484. The van der Waals surface area contributed by atoms with E-state index in [9.17, 15) is 4.79 Å². The number of aliphatic hydroxyl groups excluding tert-OH is 1. The number of carbonyl (C=O) groups excluding carboxylic acids is 1. The molecule has 1 aromatic rings. The molecule has 0 aliphatic carbocycles. The SMILES string of the molecule is CN(C)C(=O)c1ccc(N)c(NCC(C)(C)CCCO)c1. The van der Waals surface area contributed by atoms with Crippen molar-refractivity contribution in [1.29, 1.82) is 0 Å². The van der Waals surface area contributed by atoms with Crippen LogP contribution in [0, 0.1) is 5.41 Å². The van der Waals surface area contributed by atoms with Gasteiger partial charge < -0.3 is 21.1 Å². The number of nitrogens with two attached hydrogens (primary N) is 1. The van der Waals surface area contributed by atoms with Crippen molar-refractivity contribution in [3.63, 3.8) is 0 Å². The summed E-state index contributed by atoms with van der Waals surface area (Å²) >= 11 is 0. The molecule has 1 aromatic carbocycles. The quantitative estimate of drug-likeness (QED) is 0.673. The summed E-state index contributed by atoms with van der Waals surface area (Å²) in [6, 6.07) is 5.28. The number of hydrogen-bond donors (Lipinski definition) is 3. The van der Waals surface area contributed by atoms with Crippen LogP contribution in [0.15, 0.2) is 18.2 Å². The maximum atomic E-state index is 12.0. The minimum atomic E-state index is -0.0439. The van der Waals surface area contributed by atoms with Gasteiger partial charge in [0.25, 0.3) is 5.91 Å². The lowest BCUT2D eigenvalue weighted by molar-refractivity contribution is 0.0827. The minimum absolute atomic E-state index is 0.0439. The summed E-state index contributed by atoms with van der Waals surface area (Å²) in [4.78, 5) is 13.5. The molecular weight excluding hydrogens is 266 g/mol. The average Bonchev–Trinajstić information content (AvgIpc) is 2.43. The highest BCUT2D eigenvalue weighted by Crippen LogP contribution is 2.26. The van der Waals surface area contributed by atoms with Crippen LogP contribution >= 0.6 is 0 Å². The lowest BCUT2D eigenvalue weighted by Gasteiger charge is -2.26. The molecular formula is C16H27N3O2. The van der Waals surface area contributed by atoms with Crippen molar-refractivity contribution in [3.8, 4) is 0 Å². The largest absolute Gasteiger partial charge is 0.397 e. The van der Waals surface area contributed by atoms with Gasteiger partial charge in [-0.1, -0.05) is 13.8 Å². The molecule has 0 saturated carbocycles. The smallest absolute Gasteiger partial charge is 0.253 e. The molecule has 0 fully saturated rings. The number of benzene rings is 1. The van der Waals surface area contributed by atoms with Gasteiger partial charge in [-0.3, -0.25) is 4.79 Å². The van der Waals surface area contributed by atoms with Gasteiger partial charge in [-0.2, -0.15) is 0 Å². The van der Waals surface area contributed by atoms with Gasteiger partial charge in [0.2, 0.25) is 0 Å². The first kappa shape index (κ1) is 17.3. The zero-order valence-corrected chi connectivity index (χ0v) is 13.4. The van der Waals surface area contributed by atoms with E-state index in [2.05, 4.69) is 19.2 Å². The Hall–Kier alpha value is -1.75. The number of rotatable bonds is 7. The van der Waals surface area contributed by atoms with Gasteiger partial charge in [0, 0.05) is 32.8 Å². The van der Waals surface area contributed by atoms with E-state index < -0.39 is 0 Å². The molecule has 0 heterocycles. The van der Waals surface area contributed by atoms with Crippen molar-refractivity contribution in [2.45, 2.75) is 26.7 Å². The second kappa shape index (κ2) is 7.31. The van der Waals surface area contributed by atoms with Crippen LogP contribution in [-0.4, -0.2) is 43.2 Å². The topological polar surface area (TPSA) is 78.6 Å². The van der Waals surface area contributed by atoms with Crippen LogP contribution < -0.4 is 11.1 Å². The number of carbonyl (C=O) groups is 1. The summed E-state index contributed by atoms with van der Waals surface area (Å²) < 4.78 is 0. The van der Waals surface area contributed by atoms with Crippen molar-refractivity contribution in [1.82, 2.24) is 4.90 Å². The number of anilines is 2. The van der Waals surface area contributed by atoms with Gasteiger partial charge >= 0.3 is 0 Å². The summed E-state index contributed by atoms with van der Waals surface area (Å²) in [7, 11) is 3.45. The molecule has 0 spiro atoms. The lowest BCUT2D eigenvalue weighted by atomic mass is 9.88. The van der Waals surface area contributed by atoms with E-state index in [1.165, 1.54) is 0 Å². The molecule has 0 saturated heterocycles. The Morgan fingerprint density at radius 1 is 1.38 bits per heavy atom. The third-order valence-electron chi connectivity index (χ3n) is 3.48. The number of nitrogens with one attached hydrogen (secondary N) is 1. The molecule has 118 valence electrons. The van der Waals surface area contributed by atoms with Crippen LogP contribution in [0.1, 0.15) is 37.0 Å². The van der Waals surface area contributed by atoms with Crippen molar-refractivity contribution in [2.75, 3.05) is 38.3 Å². The summed E-state index contributed by atoms with van der Waals surface area (Å²) in [5, 5.41) is 12.2. The Labute approximate surface area is 127 Å². The normalized spacial score (nSPS) is 11.3. The molecule has 0 aromatic heterocycles. The number of nitrogen functional groups attached to an aromatic ring is 1. The molecule has 0 bridgehead atoms. The number of hydrogen-bond acceptors (Lipinski definition) is 4. The molecule has 0 aliphatic rings. The van der Waals surface area contributed by atoms with E-state index in [-0.39, 0.29) is 17.9 Å². The van der Waals surface area contributed by atoms with Gasteiger partial charge in [0.15, 0.2) is 0 Å². The molecule has 5 heteroatoms. The summed E-state index contributed by atoms with van der Waals surface area (Å²) in [6.45, 7) is 5.22. The molecule has 1 rings (SSSR count). The van der Waals surface area contributed by atoms with Crippen molar-refractivity contribution in [2.24, 2.45) is 5.41 Å². The molecule has 4 N–H and O–H groups in total. The van der Waals surface area contributed by atoms with E-state index in [4.69, 9.17) is 10.8 Å². The van der Waals surface area contributed by atoms with E-state index in [1.807, 2.05) is 0 Å². The molecule has 0 aliphatic heterocycles. The second-order valence-corrected chi connectivity index (χ2v) is 6.35. The predicted octanol–water partition coefficient (Wildman–Crippen LogP) is 2.18. The Morgan fingerprint density at radius 3 is 2.62 bits per heavy atom. The van der Waals surface area contributed by atoms with E-state index in [1.54, 1.807) is 37.2 Å². The molecule has 21 heavy (non-hydrogen) atoms. The fraction of sp³-hybridized carbons (Fsp3) is 0.562. The van der Waals surface area contributed by atoms with Crippen molar-refractivity contribution in [3.05, 3.63) is 23.8 Å². The Kier molecular flexibility index (Phi) is 6.03. The highest BCUT2D eigenvalue weighted by Gasteiger charge is 2.18. The average molecular weight is 293 g/mol. The van der Waals surface area contributed by atoms with Gasteiger partial charge in [-0.25, -0.2) is 0 Å². The minimum Gasteiger partial charge on any atom is -0.397 e. The fourth-order valence-electron chi connectivity index (χ4n) is 2.08. The molecule has 0 radical (unpaired) electrons. The molecule has 5 nitrogen and oxygen atoms in total. The molecule has 1 amide bonds. The first-order valence-electron chi connectivity index (χ1n) is 7.23. The Morgan fingerprint density at radius 2 is 2.05 bits per heavy atom. The fourth-order valence-corrected chi connectivity index (χ4v) is 2.08. The standard InChI is InChI=1S/C16H27N3O2/c1-16(2,8-5-9-20)11-18-14-10-12(6-7-13(14)17)15(21)19(3)4/h6-7,10,18,20H,5,8-9,11,17H2,1-4H3. The van der Waals surface area contributed by atoms with Gasteiger partial charge in [0.1, 0.15) is 0 Å². The maximum absolute atomic E-state index is 12.0. The van der Waals surface area contributed by atoms with Crippen molar-refractivity contribution >= 4 is 17.3 Å². The monoisotopic (exact) mass is 293 g/mol. The summed E-state index contributed by atoms with van der Waals surface area (Å²) in [6.07, 6.45) is 1.70. The van der Waals surface area contributed by atoms with Crippen LogP contribution in [0.3, 0.4) is 0 Å². The molecule has 0 atom stereocenters. The first-order valence-corrected chi connectivity index (χ1v) is 7.23. The van der Waals surface area contributed by atoms with Crippen LogP contribution in [-0.2, 0) is 0 Å². The number of aliphatic hydroxyl groups is 1. The highest BCUT2D eigenvalue weighted by atomic mass is 16.2. The first-order chi connectivity index (χ1) is 9.76. The summed E-state index contributed by atoms with van der Waals surface area (Å²) in [5.74, 6) is -0.0439. The zero-order valence-electron chi connectivity index (χ0n) is 13.4. The third-order valence-corrected chi connectivity index (χ3v) is 3.48. The van der Waals surface area contributed by atoms with E-state index in [0.29, 0.717) is 11.3 Å². The van der Waals surface area contributed by atoms with Crippen LogP contribution in [0.25, 0.3) is 0 Å². The third kappa shape index (κ3) is 5.27. The van der Waals surface area contributed by atoms with Crippen LogP contribution in [0.4, 0.5) is 11.4 Å². The summed E-state index contributed by atoms with van der Waals surface area (Å²) in [5.41, 5.74) is 8.04. The van der Waals surface area contributed by atoms with Gasteiger partial charge in [-0.05, 0) is 36.5 Å². The van der Waals surface area contributed by atoms with Gasteiger partial charge in [-0.15, -0.1) is 0 Å². The predicted molar refractivity (Wildman–Crippen MR) is 87.5 cm³/mol. The van der Waals surface area contributed by atoms with E-state index >= 15 is 0 Å². The van der Waals surface area contributed by atoms with E-state index in [0.717, 1.165) is 25.1 Å². The lowest BCUT2D eigenvalue weighted by Crippen LogP contribution is -2.25. The molecule has 0 unspecified atom stereocenters. The number of amides is 1. The van der Waals surface area contributed by atoms with Crippen LogP contribution in [0.5, 0.6) is 0 Å². The maximum Gasteiger partial charge on any atom is 0.253 e. The number of nitrogens with zero attached hydrogens (tertiary/aromatic N) is 1. The van der Waals surface area contributed by atoms with Crippen molar-refractivity contribution < 1.29 is 9.90 Å². The zero-order chi connectivity index (χ0) is 16.0. The Balaban J connectivity index is 2.79. The van der Waals surface area contributed by atoms with Gasteiger partial charge in [0.05, 0.1) is 11.4 Å². The highest BCUT2D eigenvalue weighted by molar-refractivity contribution is 5.95.